The van der Waals surface area contributed by atoms with Crippen LogP contribution in [0.3, 0.4) is 0 Å². The van der Waals surface area contributed by atoms with Crippen molar-refractivity contribution in [3.63, 3.8) is 0 Å². The lowest BCUT2D eigenvalue weighted by Gasteiger charge is -2.14. The first-order chi connectivity index (χ1) is 9.35. The number of urea groups is 1. The first kappa shape index (κ1) is 15.5. The Kier molecular flexibility index (Phi) is 5.08. The zero-order valence-electron chi connectivity index (χ0n) is 11.4. The first-order valence-corrected chi connectivity index (χ1v) is 5.84. The van der Waals surface area contributed by atoms with Crippen molar-refractivity contribution in [2.24, 2.45) is 0 Å². The summed E-state index contributed by atoms with van der Waals surface area (Å²) in [5, 5.41) is 13.8. The Morgan fingerprint density at radius 1 is 1.30 bits per heavy atom. The molecule has 20 heavy (non-hydrogen) atoms. The van der Waals surface area contributed by atoms with Gasteiger partial charge in [0.1, 0.15) is 6.04 Å². The van der Waals surface area contributed by atoms with Gasteiger partial charge in [-0.25, -0.2) is 14.4 Å². The molecule has 0 bridgehead atoms. The van der Waals surface area contributed by atoms with Crippen LogP contribution < -0.4 is 10.6 Å². The van der Waals surface area contributed by atoms with Gasteiger partial charge >= 0.3 is 18.0 Å². The fourth-order valence-corrected chi connectivity index (χ4v) is 1.53. The highest BCUT2D eigenvalue weighted by molar-refractivity contribution is 5.94. The van der Waals surface area contributed by atoms with Crippen molar-refractivity contribution in [3.8, 4) is 0 Å². The zero-order chi connectivity index (χ0) is 15.3. The van der Waals surface area contributed by atoms with E-state index in [0.717, 1.165) is 0 Å². The van der Waals surface area contributed by atoms with Gasteiger partial charge < -0.3 is 20.5 Å². The number of hydrogen-bond donors (Lipinski definition) is 3. The van der Waals surface area contributed by atoms with Crippen LogP contribution >= 0.6 is 0 Å². The summed E-state index contributed by atoms with van der Waals surface area (Å²) >= 11 is 0. The van der Waals surface area contributed by atoms with E-state index in [2.05, 4.69) is 15.4 Å². The van der Waals surface area contributed by atoms with E-state index in [4.69, 9.17) is 5.11 Å². The van der Waals surface area contributed by atoms with E-state index >= 15 is 0 Å². The summed E-state index contributed by atoms with van der Waals surface area (Å²) < 4.78 is 4.48. The van der Waals surface area contributed by atoms with Crippen molar-refractivity contribution >= 4 is 23.7 Å². The Morgan fingerprint density at radius 2 is 1.95 bits per heavy atom. The zero-order valence-corrected chi connectivity index (χ0v) is 11.4. The molecule has 1 aromatic carbocycles. The second-order valence-corrected chi connectivity index (χ2v) is 4.18. The van der Waals surface area contributed by atoms with Gasteiger partial charge in [-0.2, -0.15) is 0 Å². The summed E-state index contributed by atoms with van der Waals surface area (Å²) in [6.07, 6.45) is 0. The second-order valence-electron chi connectivity index (χ2n) is 4.18. The molecule has 0 aliphatic rings. The molecule has 7 heteroatoms. The Bertz CT molecular complexity index is 542. The molecule has 0 spiro atoms. The third-order valence-corrected chi connectivity index (χ3v) is 2.62. The van der Waals surface area contributed by atoms with Crippen LogP contribution in [0.5, 0.6) is 0 Å². The summed E-state index contributed by atoms with van der Waals surface area (Å²) in [5.74, 6) is -1.60. The van der Waals surface area contributed by atoms with Crippen molar-refractivity contribution < 1.29 is 24.2 Å². The number of amides is 2. The standard InChI is InChI=1S/C13H16N2O5/c1-7-6-9(11(16)17)4-5-10(7)15-13(19)14-8(2)12(18)20-3/h4-6,8H,1-3H3,(H,16,17)(H2,14,15,19). The van der Waals surface area contributed by atoms with Gasteiger partial charge in [-0.1, -0.05) is 0 Å². The number of anilines is 1. The van der Waals surface area contributed by atoms with Crippen LogP contribution in [-0.2, 0) is 9.53 Å². The maximum absolute atomic E-state index is 11.7. The van der Waals surface area contributed by atoms with E-state index in [-0.39, 0.29) is 5.56 Å². The molecule has 0 fully saturated rings. The number of aromatic carboxylic acids is 1. The number of esters is 1. The van der Waals surface area contributed by atoms with Crippen molar-refractivity contribution in [1.82, 2.24) is 5.32 Å². The molecule has 3 N–H and O–H groups in total. The fraction of sp³-hybridized carbons (Fsp3) is 0.308. The average molecular weight is 280 g/mol. The summed E-state index contributed by atoms with van der Waals surface area (Å²) in [5.41, 5.74) is 1.20. The monoisotopic (exact) mass is 280 g/mol. The van der Waals surface area contributed by atoms with E-state index < -0.39 is 24.0 Å². The van der Waals surface area contributed by atoms with Crippen LogP contribution in [0.4, 0.5) is 10.5 Å². The smallest absolute Gasteiger partial charge is 0.335 e. The summed E-state index contributed by atoms with van der Waals surface area (Å²) in [6.45, 7) is 3.16. The Balaban J connectivity index is 2.71. The average Bonchev–Trinajstić information content (AvgIpc) is 2.39. The highest BCUT2D eigenvalue weighted by atomic mass is 16.5. The molecule has 108 valence electrons. The fourth-order valence-electron chi connectivity index (χ4n) is 1.53. The number of rotatable bonds is 4. The molecule has 0 saturated heterocycles. The molecule has 0 aliphatic heterocycles. The second kappa shape index (κ2) is 6.55. The van der Waals surface area contributed by atoms with E-state index in [1.165, 1.54) is 32.2 Å². The molecule has 2 amide bonds. The molecule has 1 unspecified atom stereocenters. The minimum atomic E-state index is -1.04. The molecule has 1 rings (SSSR count). The molecular formula is C13H16N2O5. The van der Waals surface area contributed by atoms with E-state index in [1.54, 1.807) is 6.92 Å². The summed E-state index contributed by atoms with van der Waals surface area (Å²) in [4.78, 5) is 33.6. The normalized spacial score (nSPS) is 11.3. The van der Waals surface area contributed by atoms with Crippen molar-refractivity contribution in [3.05, 3.63) is 29.3 Å². The van der Waals surface area contributed by atoms with Crippen LogP contribution in [0.15, 0.2) is 18.2 Å². The molecular weight excluding hydrogens is 264 g/mol. The number of hydrogen-bond acceptors (Lipinski definition) is 4. The van der Waals surface area contributed by atoms with Gasteiger partial charge in [-0.05, 0) is 37.6 Å². The van der Waals surface area contributed by atoms with Crippen LogP contribution in [0.25, 0.3) is 0 Å². The molecule has 0 radical (unpaired) electrons. The van der Waals surface area contributed by atoms with Crippen LogP contribution in [0.2, 0.25) is 0 Å². The lowest BCUT2D eigenvalue weighted by Crippen LogP contribution is -2.41. The minimum Gasteiger partial charge on any atom is -0.478 e. The highest BCUT2D eigenvalue weighted by Crippen LogP contribution is 2.16. The number of nitrogens with one attached hydrogen (secondary N) is 2. The summed E-state index contributed by atoms with van der Waals surface area (Å²) in [7, 11) is 1.23. The SMILES string of the molecule is COC(=O)C(C)NC(=O)Nc1ccc(C(=O)O)cc1C. The predicted molar refractivity (Wildman–Crippen MR) is 71.8 cm³/mol. The Hall–Kier alpha value is -2.57. The van der Waals surface area contributed by atoms with Gasteiger partial charge in [-0.3, -0.25) is 0 Å². The van der Waals surface area contributed by atoms with Gasteiger partial charge in [-0.15, -0.1) is 0 Å². The number of methoxy groups -OCH3 is 1. The molecule has 7 nitrogen and oxygen atoms in total. The van der Waals surface area contributed by atoms with Crippen molar-refractivity contribution in [2.75, 3.05) is 12.4 Å². The number of aryl methyl sites for hydroxylation is 1. The van der Waals surface area contributed by atoms with Gasteiger partial charge in [0.05, 0.1) is 12.7 Å². The lowest BCUT2D eigenvalue weighted by molar-refractivity contribution is -0.142. The quantitative estimate of drug-likeness (QED) is 0.723. The third kappa shape index (κ3) is 3.98. The summed E-state index contributed by atoms with van der Waals surface area (Å²) in [6, 6.07) is 2.96. The largest absolute Gasteiger partial charge is 0.478 e. The maximum Gasteiger partial charge on any atom is 0.335 e. The molecule has 0 heterocycles. The van der Waals surface area contributed by atoms with Crippen molar-refractivity contribution in [2.45, 2.75) is 19.9 Å². The molecule has 1 atom stereocenters. The molecule has 1 aromatic rings. The van der Waals surface area contributed by atoms with Gasteiger partial charge in [0, 0.05) is 5.69 Å². The molecule has 0 saturated carbocycles. The number of carboxylic acids is 1. The van der Waals surface area contributed by atoms with Crippen LogP contribution in [0.1, 0.15) is 22.8 Å². The third-order valence-electron chi connectivity index (χ3n) is 2.62. The van der Waals surface area contributed by atoms with Gasteiger partial charge in [0.2, 0.25) is 0 Å². The van der Waals surface area contributed by atoms with Gasteiger partial charge in [0.15, 0.2) is 0 Å². The predicted octanol–water partition coefficient (Wildman–Crippen LogP) is 1.38. The van der Waals surface area contributed by atoms with Gasteiger partial charge in [0.25, 0.3) is 0 Å². The molecule has 0 aromatic heterocycles. The number of carbonyl (C=O) groups is 3. The number of carboxylic acid groups (broad SMARTS) is 1. The number of ether oxygens (including phenoxy) is 1. The minimum absolute atomic E-state index is 0.136. The van der Waals surface area contributed by atoms with Crippen molar-refractivity contribution in [1.29, 1.82) is 0 Å². The topological polar surface area (TPSA) is 105 Å². The van der Waals surface area contributed by atoms with E-state index in [0.29, 0.717) is 11.3 Å². The first-order valence-electron chi connectivity index (χ1n) is 5.84. The van der Waals surface area contributed by atoms with E-state index in [1.807, 2.05) is 0 Å². The van der Waals surface area contributed by atoms with Crippen LogP contribution in [-0.4, -0.2) is 36.2 Å². The van der Waals surface area contributed by atoms with Crippen LogP contribution in [0, 0.1) is 6.92 Å². The number of carbonyl (C=O) groups excluding carboxylic acids is 2. The number of benzene rings is 1. The maximum atomic E-state index is 11.7. The highest BCUT2D eigenvalue weighted by Gasteiger charge is 2.16. The van der Waals surface area contributed by atoms with E-state index in [9.17, 15) is 14.4 Å². The Morgan fingerprint density at radius 3 is 2.45 bits per heavy atom. The lowest BCUT2D eigenvalue weighted by atomic mass is 10.1. The Labute approximate surface area is 115 Å². The molecule has 0 aliphatic carbocycles.